The Balaban J connectivity index is 1.08. The number of benzene rings is 7. The van der Waals surface area contributed by atoms with E-state index >= 15 is 0 Å². The lowest BCUT2D eigenvalue weighted by atomic mass is 9.82. The highest BCUT2D eigenvalue weighted by Crippen LogP contribution is 2.53. The van der Waals surface area contributed by atoms with Gasteiger partial charge in [0.2, 0.25) is 0 Å². The highest BCUT2D eigenvalue weighted by molar-refractivity contribution is 6.18. The SMILES string of the molecule is CC1(C)c2ccccc2-c2c1ccc1c2c2ccccc2n1-c1ccc2oc3cc(-c4cc(-c5ccccc5)nc(-c5ccccc5)n4)ccc3c2c1. The van der Waals surface area contributed by atoms with Crippen molar-refractivity contribution in [3.05, 3.63) is 175 Å². The molecule has 0 unspecified atom stereocenters. The first-order valence-electron chi connectivity index (χ1n) is 18.2. The lowest BCUT2D eigenvalue weighted by molar-refractivity contribution is 0.661. The predicted octanol–water partition coefficient (Wildman–Crippen LogP) is 12.8. The van der Waals surface area contributed by atoms with E-state index in [9.17, 15) is 0 Å². The second-order valence-corrected chi connectivity index (χ2v) is 14.6. The fourth-order valence-corrected chi connectivity index (χ4v) is 8.66. The molecule has 1 aliphatic rings. The molecule has 0 bridgehead atoms. The largest absolute Gasteiger partial charge is 0.456 e. The quantitative estimate of drug-likeness (QED) is 0.186. The van der Waals surface area contributed by atoms with Crippen LogP contribution in [0.15, 0.2) is 168 Å². The number of hydrogen-bond acceptors (Lipinski definition) is 3. The van der Waals surface area contributed by atoms with Crippen molar-refractivity contribution < 1.29 is 4.42 Å². The van der Waals surface area contributed by atoms with Gasteiger partial charge in [0.25, 0.3) is 0 Å². The second-order valence-electron chi connectivity index (χ2n) is 14.6. The minimum atomic E-state index is -0.0607. The van der Waals surface area contributed by atoms with E-state index in [0.29, 0.717) is 5.82 Å². The smallest absolute Gasteiger partial charge is 0.160 e. The van der Waals surface area contributed by atoms with Gasteiger partial charge < -0.3 is 8.98 Å². The average molecular weight is 680 g/mol. The fourth-order valence-electron chi connectivity index (χ4n) is 8.66. The maximum absolute atomic E-state index is 6.56. The van der Waals surface area contributed by atoms with Gasteiger partial charge in [-0.05, 0) is 70.8 Å². The zero-order valence-corrected chi connectivity index (χ0v) is 29.3. The first-order valence-corrected chi connectivity index (χ1v) is 18.2. The molecule has 53 heavy (non-hydrogen) atoms. The van der Waals surface area contributed by atoms with Crippen molar-refractivity contribution in [3.8, 4) is 50.7 Å². The molecule has 7 aromatic carbocycles. The summed E-state index contributed by atoms with van der Waals surface area (Å²) in [4.78, 5) is 10.0. The molecule has 4 nitrogen and oxygen atoms in total. The van der Waals surface area contributed by atoms with E-state index in [1.807, 2.05) is 36.4 Å². The Morgan fingerprint density at radius 1 is 0.491 bits per heavy atom. The predicted molar refractivity (Wildman–Crippen MR) is 218 cm³/mol. The van der Waals surface area contributed by atoms with E-state index in [1.165, 1.54) is 44.1 Å². The monoisotopic (exact) mass is 679 g/mol. The summed E-state index contributed by atoms with van der Waals surface area (Å²) in [7, 11) is 0. The summed E-state index contributed by atoms with van der Waals surface area (Å²) in [5.41, 5.74) is 15.3. The van der Waals surface area contributed by atoms with Crippen molar-refractivity contribution in [2.75, 3.05) is 0 Å². The molecule has 0 saturated carbocycles. The lowest BCUT2D eigenvalue weighted by Gasteiger charge is -2.21. The van der Waals surface area contributed by atoms with Crippen LogP contribution in [0.1, 0.15) is 25.0 Å². The second kappa shape index (κ2) is 11.1. The molecular formula is C49H33N3O. The fraction of sp³-hybridized carbons (Fsp3) is 0.0612. The molecule has 0 spiro atoms. The molecule has 11 rings (SSSR count). The third-order valence-electron chi connectivity index (χ3n) is 11.2. The molecule has 10 aromatic rings. The van der Waals surface area contributed by atoms with E-state index in [4.69, 9.17) is 14.4 Å². The number of aromatic nitrogens is 3. The summed E-state index contributed by atoms with van der Waals surface area (Å²) in [6.07, 6.45) is 0. The Morgan fingerprint density at radius 2 is 1.21 bits per heavy atom. The van der Waals surface area contributed by atoms with E-state index in [1.54, 1.807) is 0 Å². The van der Waals surface area contributed by atoms with Gasteiger partial charge in [-0.15, -0.1) is 0 Å². The average Bonchev–Trinajstić information content (AvgIpc) is 3.83. The topological polar surface area (TPSA) is 43.9 Å². The Bertz CT molecular complexity index is 3020. The Labute approximate surface area is 306 Å². The van der Waals surface area contributed by atoms with Gasteiger partial charge in [-0.25, -0.2) is 9.97 Å². The first kappa shape index (κ1) is 29.9. The van der Waals surface area contributed by atoms with Gasteiger partial charge in [-0.2, -0.15) is 0 Å². The van der Waals surface area contributed by atoms with Gasteiger partial charge in [0.15, 0.2) is 5.82 Å². The highest BCUT2D eigenvalue weighted by Gasteiger charge is 2.37. The molecule has 4 heteroatoms. The van der Waals surface area contributed by atoms with Crippen LogP contribution in [0.2, 0.25) is 0 Å². The van der Waals surface area contributed by atoms with E-state index < -0.39 is 0 Å². The molecular weight excluding hydrogens is 647 g/mol. The van der Waals surface area contributed by atoms with Crippen LogP contribution < -0.4 is 0 Å². The molecule has 0 amide bonds. The van der Waals surface area contributed by atoms with Gasteiger partial charge >= 0.3 is 0 Å². The number of para-hydroxylation sites is 1. The zero-order chi connectivity index (χ0) is 35.3. The Hall–Kier alpha value is -6.78. The Morgan fingerprint density at radius 3 is 2.04 bits per heavy atom. The summed E-state index contributed by atoms with van der Waals surface area (Å²) in [5, 5.41) is 4.74. The number of nitrogens with zero attached hydrogens (tertiary/aromatic N) is 3. The third kappa shape index (κ3) is 4.42. The van der Waals surface area contributed by atoms with E-state index in [2.05, 4.69) is 146 Å². The van der Waals surface area contributed by atoms with Gasteiger partial charge in [0, 0.05) is 49.3 Å². The molecule has 0 fully saturated rings. The highest BCUT2D eigenvalue weighted by atomic mass is 16.3. The standard InChI is InChI=1S/C49H33N3O/c1-49(2)38-19-11-9-17-35(38)46-39(49)24-25-43-47(46)36-18-10-12-20-42(36)52(43)33-22-26-44-37(28-33)34-23-21-32(27-45(34)53-44)41-29-40(30-13-5-3-6-14-30)50-48(51-41)31-15-7-4-8-16-31/h3-29H,1-2H3. The number of hydrogen-bond donors (Lipinski definition) is 0. The van der Waals surface area contributed by atoms with Crippen LogP contribution in [0.25, 0.3) is 94.5 Å². The van der Waals surface area contributed by atoms with Gasteiger partial charge in [-0.3, -0.25) is 0 Å². The molecule has 250 valence electrons. The van der Waals surface area contributed by atoms with Crippen molar-refractivity contribution in [1.29, 1.82) is 0 Å². The number of furan rings is 1. The van der Waals surface area contributed by atoms with E-state index in [0.717, 1.165) is 55.7 Å². The van der Waals surface area contributed by atoms with Crippen molar-refractivity contribution in [3.63, 3.8) is 0 Å². The van der Waals surface area contributed by atoms with Crippen molar-refractivity contribution in [2.24, 2.45) is 0 Å². The molecule has 0 saturated heterocycles. The Kier molecular flexibility index (Phi) is 6.27. The van der Waals surface area contributed by atoms with Crippen molar-refractivity contribution in [1.82, 2.24) is 14.5 Å². The summed E-state index contributed by atoms with van der Waals surface area (Å²) in [6, 6.07) is 57.9. The molecule has 3 aromatic heterocycles. The van der Waals surface area contributed by atoms with Crippen LogP contribution in [0, 0.1) is 0 Å². The van der Waals surface area contributed by atoms with Crippen LogP contribution in [0.3, 0.4) is 0 Å². The maximum atomic E-state index is 6.56. The molecule has 0 radical (unpaired) electrons. The molecule has 0 N–H and O–H groups in total. The molecule has 3 heterocycles. The minimum absolute atomic E-state index is 0.0607. The summed E-state index contributed by atoms with van der Waals surface area (Å²) < 4.78 is 8.98. The molecule has 0 aliphatic heterocycles. The molecule has 1 aliphatic carbocycles. The van der Waals surface area contributed by atoms with Gasteiger partial charge in [-0.1, -0.05) is 129 Å². The number of fused-ring (bicyclic) bond motifs is 10. The third-order valence-corrected chi connectivity index (χ3v) is 11.2. The summed E-state index contributed by atoms with van der Waals surface area (Å²) >= 11 is 0. The van der Waals surface area contributed by atoms with Crippen LogP contribution in [0.5, 0.6) is 0 Å². The maximum Gasteiger partial charge on any atom is 0.160 e. The van der Waals surface area contributed by atoms with Crippen LogP contribution in [0.4, 0.5) is 0 Å². The van der Waals surface area contributed by atoms with Crippen molar-refractivity contribution in [2.45, 2.75) is 19.3 Å². The van der Waals surface area contributed by atoms with Gasteiger partial charge in [0.1, 0.15) is 11.2 Å². The van der Waals surface area contributed by atoms with Crippen LogP contribution in [-0.4, -0.2) is 14.5 Å². The van der Waals surface area contributed by atoms with E-state index in [-0.39, 0.29) is 5.41 Å². The van der Waals surface area contributed by atoms with Crippen LogP contribution >= 0.6 is 0 Å². The first-order chi connectivity index (χ1) is 26.0. The molecule has 0 atom stereocenters. The minimum Gasteiger partial charge on any atom is -0.456 e. The van der Waals surface area contributed by atoms with Crippen LogP contribution in [-0.2, 0) is 5.41 Å². The number of rotatable bonds is 4. The zero-order valence-electron chi connectivity index (χ0n) is 29.3. The van der Waals surface area contributed by atoms with Gasteiger partial charge in [0.05, 0.1) is 22.4 Å². The summed E-state index contributed by atoms with van der Waals surface area (Å²) in [5.74, 6) is 0.695. The summed E-state index contributed by atoms with van der Waals surface area (Å²) in [6.45, 7) is 4.70. The van der Waals surface area contributed by atoms with Crippen molar-refractivity contribution >= 4 is 43.7 Å². The lowest BCUT2D eigenvalue weighted by Crippen LogP contribution is -2.14. The normalized spacial score (nSPS) is 13.2.